The first kappa shape index (κ1) is 39.0. The maximum absolute atomic E-state index is 15.0. The fraction of sp³-hybridized carbons (Fsp3) is 0.415. The molecular weight excluding hydrogens is 694 g/mol. The molecule has 2 aliphatic rings. The number of amides is 1. The Morgan fingerprint density at radius 1 is 0.961 bits per heavy atom. The lowest BCUT2D eigenvalue weighted by Crippen LogP contribution is -2.68. The minimum Gasteiger partial charge on any atom is -0.457 e. The van der Waals surface area contributed by atoms with Crippen LogP contribution in [0, 0.1) is 5.92 Å². The standard InChI is InChI=1S/C41H52NO6PSSi/c1-8-27-47-40(45)38(49(32-21-12-9-13-22-32,33-23-14-10-15-24-33)34-25-16-11-17-26-34)42-37(44)36(30(2)48-51(6,7)41(3,4)5)39(42)50-35(43)29-31-20-18-19-28-46-31/h8-17,21-26,30-31,36,39H,1,18-20,27-29H2,2-7H3/t30-,31?,36+,39-/m1/s1. The largest absolute Gasteiger partial charge is 0.457 e. The van der Waals surface area contributed by atoms with E-state index < -0.39 is 38.6 Å². The van der Waals surface area contributed by atoms with E-state index in [0.29, 0.717) is 6.61 Å². The smallest absolute Gasteiger partial charge is 0.356 e. The Balaban J connectivity index is 1.78. The first-order valence-electron chi connectivity index (χ1n) is 17.9. The van der Waals surface area contributed by atoms with Crippen LogP contribution in [0.4, 0.5) is 0 Å². The van der Waals surface area contributed by atoms with E-state index in [9.17, 15) is 14.4 Å². The van der Waals surface area contributed by atoms with Gasteiger partial charge in [0.05, 0.1) is 18.1 Å². The zero-order valence-electron chi connectivity index (χ0n) is 30.7. The Morgan fingerprint density at radius 2 is 1.49 bits per heavy atom. The van der Waals surface area contributed by atoms with Crippen LogP contribution in [-0.2, 0) is 28.3 Å². The lowest BCUT2D eigenvalue weighted by Gasteiger charge is -2.52. The van der Waals surface area contributed by atoms with Crippen LogP contribution in [0.2, 0.25) is 18.1 Å². The van der Waals surface area contributed by atoms with Gasteiger partial charge in [-0.25, -0.2) is 4.79 Å². The minimum atomic E-state index is -3.13. The highest BCUT2D eigenvalue weighted by atomic mass is 32.2. The molecule has 7 nitrogen and oxygen atoms in total. The molecule has 0 radical (unpaired) electrons. The van der Waals surface area contributed by atoms with Crippen LogP contribution in [0.5, 0.6) is 0 Å². The van der Waals surface area contributed by atoms with E-state index in [1.165, 1.54) is 6.08 Å². The van der Waals surface area contributed by atoms with Crippen LogP contribution in [0.1, 0.15) is 53.4 Å². The molecule has 10 heteroatoms. The number of carbonyl (C=O) groups is 3. The second-order valence-corrected chi connectivity index (χ2v) is 24.0. The van der Waals surface area contributed by atoms with E-state index in [2.05, 4.69) is 40.4 Å². The molecule has 51 heavy (non-hydrogen) atoms. The molecule has 0 saturated carbocycles. The van der Waals surface area contributed by atoms with E-state index in [4.69, 9.17) is 13.9 Å². The lowest BCUT2D eigenvalue weighted by atomic mass is 9.93. The Hall–Kier alpha value is -3.20. The quantitative estimate of drug-likeness (QED) is 0.0600. The molecule has 2 saturated heterocycles. The summed E-state index contributed by atoms with van der Waals surface area (Å²) in [6.45, 7) is 14.0. The molecule has 0 aliphatic carbocycles. The number of hydrogen-bond donors (Lipinski definition) is 0. The number of ether oxygens (including phenoxy) is 2. The number of benzene rings is 3. The van der Waals surface area contributed by atoms with Crippen molar-refractivity contribution in [2.45, 2.75) is 89.1 Å². The van der Waals surface area contributed by atoms with Gasteiger partial charge in [-0.3, -0.25) is 14.5 Å². The third-order valence-electron chi connectivity index (χ3n) is 10.3. The fourth-order valence-electron chi connectivity index (χ4n) is 6.69. The molecule has 3 aromatic carbocycles. The summed E-state index contributed by atoms with van der Waals surface area (Å²) in [6, 6.07) is 29.7. The SMILES string of the molecule is C=CCOC(=O)C(N1C(=O)[C@H]([C@@H](C)O[Si](C)(C)C(C)(C)C)[C@H]1SC(=O)CC1CCCCO1)=P(c1ccccc1)(c1ccccc1)c1ccccc1. The fourth-order valence-corrected chi connectivity index (χ4v) is 13.9. The highest BCUT2D eigenvalue weighted by Gasteiger charge is 2.58. The molecule has 0 N–H and O–H groups in total. The molecule has 2 heterocycles. The normalized spacial score (nSPS) is 20.2. The van der Waals surface area contributed by atoms with Gasteiger partial charge in [0.25, 0.3) is 0 Å². The van der Waals surface area contributed by atoms with E-state index in [1.54, 1.807) is 4.90 Å². The molecule has 0 aromatic heterocycles. The first-order valence-corrected chi connectivity index (χ1v) is 23.4. The zero-order chi connectivity index (χ0) is 36.8. The van der Waals surface area contributed by atoms with Gasteiger partial charge in [-0.05, 0) is 60.2 Å². The third kappa shape index (κ3) is 8.23. The van der Waals surface area contributed by atoms with Crippen molar-refractivity contribution in [1.82, 2.24) is 4.90 Å². The number of likely N-dealkylation sites (tertiary alicyclic amines) is 1. The number of hydrogen-bond acceptors (Lipinski definition) is 7. The summed E-state index contributed by atoms with van der Waals surface area (Å²) in [7, 11) is -2.32. The summed E-state index contributed by atoms with van der Waals surface area (Å²) < 4.78 is 18.7. The van der Waals surface area contributed by atoms with Crippen LogP contribution >= 0.6 is 18.6 Å². The predicted octanol–water partition coefficient (Wildman–Crippen LogP) is 7.25. The van der Waals surface area contributed by atoms with Crippen molar-refractivity contribution < 1.29 is 28.3 Å². The number of esters is 1. The Morgan fingerprint density at radius 3 is 1.94 bits per heavy atom. The zero-order valence-corrected chi connectivity index (χ0v) is 33.5. The summed E-state index contributed by atoms with van der Waals surface area (Å²) in [6.07, 6.45) is 3.94. The molecule has 2 aliphatic heterocycles. The van der Waals surface area contributed by atoms with Crippen LogP contribution in [0.15, 0.2) is 104 Å². The molecule has 0 spiro atoms. The summed E-state index contributed by atoms with van der Waals surface area (Å²) >= 11 is 1.12. The second kappa shape index (κ2) is 16.6. The van der Waals surface area contributed by atoms with Crippen molar-refractivity contribution in [3.63, 3.8) is 0 Å². The van der Waals surface area contributed by atoms with Gasteiger partial charge in [0, 0.05) is 19.9 Å². The topological polar surface area (TPSA) is 82.1 Å². The van der Waals surface area contributed by atoms with Crippen molar-refractivity contribution in [2.24, 2.45) is 5.92 Å². The molecular formula is C41H52NO6PSSi. The maximum atomic E-state index is 15.0. The number of rotatable bonds is 13. The van der Waals surface area contributed by atoms with Crippen molar-refractivity contribution in [1.29, 1.82) is 0 Å². The maximum Gasteiger partial charge on any atom is 0.356 e. The van der Waals surface area contributed by atoms with Crippen molar-refractivity contribution in [2.75, 3.05) is 13.2 Å². The van der Waals surface area contributed by atoms with Crippen molar-refractivity contribution >= 4 is 65.3 Å². The molecule has 272 valence electrons. The molecule has 2 fully saturated rings. The number of β-lactam (4-membered cyclic amide) rings is 1. The number of nitrogens with zero attached hydrogens (tertiary/aromatic N) is 1. The number of thioether (sulfide) groups is 1. The van der Waals surface area contributed by atoms with E-state index in [0.717, 1.165) is 46.9 Å². The first-order chi connectivity index (χ1) is 24.3. The molecule has 4 atom stereocenters. The Labute approximate surface area is 309 Å². The second-order valence-electron chi connectivity index (χ2n) is 14.8. The summed E-state index contributed by atoms with van der Waals surface area (Å²) in [5.74, 6) is -1.52. The van der Waals surface area contributed by atoms with Crippen LogP contribution in [-0.4, -0.2) is 66.4 Å². The van der Waals surface area contributed by atoms with Gasteiger partial charge in [0.15, 0.2) is 13.4 Å². The lowest BCUT2D eigenvalue weighted by molar-refractivity contribution is -0.151. The van der Waals surface area contributed by atoms with Crippen molar-refractivity contribution in [3.05, 3.63) is 104 Å². The van der Waals surface area contributed by atoms with Gasteiger partial charge in [-0.2, -0.15) is 0 Å². The summed E-state index contributed by atoms with van der Waals surface area (Å²) in [5, 5.41) is 1.80. The van der Waals surface area contributed by atoms with Gasteiger partial charge in [0.1, 0.15) is 17.4 Å². The van der Waals surface area contributed by atoms with Gasteiger partial charge in [-0.1, -0.05) is 136 Å². The van der Waals surface area contributed by atoms with E-state index >= 15 is 0 Å². The monoisotopic (exact) mass is 745 g/mol. The molecule has 1 unspecified atom stereocenters. The van der Waals surface area contributed by atoms with Crippen molar-refractivity contribution in [3.8, 4) is 0 Å². The van der Waals surface area contributed by atoms with Crippen LogP contribution in [0.3, 0.4) is 0 Å². The van der Waals surface area contributed by atoms with E-state index in [1.807, 2.05) is 97.9 Å². The summed E-state index contributed by atoms with van der Waals surface area (Å²) in [4.78, 5) is 45.4. The van der Waals surface area contributed by atoms with Gasteiger partial charge < -0.3 is 13.9 Å². The highest BCUT2D eigenvalue weighted by Crippen LogP contribution is 2.52. The Bertz CT molecular complexity index is 1630. The van der Waals surface area contributed by atoms with Crippen LogP contribution in [0.25, 0.3) is 0 Å². The minimum absolute atomic E-state index is 0.0349. The number of carbonyl (C=O) groups excluding carboxylic acids is 3. The predicted molar refractivity (Wildman–Crippen MR) is 214 cm³/mol. The average Bonchev–Trinajstić information content (AvgIpc) is 3.11. The van der Waals surface area contributed by atoms with E-state index in [-0.39, 0.29) is 40.6 Å². The molecule has 5 rings (SSSR count). The Kier molecular flexibility index (Phi) is 12.7. The molecule has 3 aromatic rings. The van der Waals surface area contributed by atoms with Gasteiger partial charge >= 0.3 is 5.97 Å². The molecule has 0 bridgehead atoms. The third-order valence-corrected chi connectivity index (χ3v) is 20.3. The van der Waals surface area contributed by atoms with Gasteiger partial charge in [0.2, 0.25) is 5.91 Å². The molecule has 1 amide bonds. The summed E-state index contributed by atoms with van der Waals surface area (Å²) in [5.41, 5.74) is 0.243. The van der Waals surface area contributed by atoms with Crippen LogP contribution < -0.4 is 15.9 Å². The van der Waals surface area contributed by atoms with Gasteiger partial charge in [-0.15, -0.1) is 0 Å². The highest BCUT2D eigenvalue weighted by molar-refractivity contribution is 8.14. The average molecular weight is 746 g/mol.